The zero-order chi connectivity index (χ0) is 31.3. The van der Waals surface area contributed by atoms with Crippen LogP contribution in [0.15, 0.2) is 30.3 Å². The summed E-state index contributed by atoms with van der Waals surface area (Å²) in [6.45, 7) is 4.16. The lowest BCUT2D eigenvalue weighted by Crippen LogP contribution is -2.60. The molecule has 0 radical (unpaired) electrons. The normalized spacial score (nSPS) is 28.4. The number of rotatable bonds is 5. The first-order valence-electron chi connectivity index (χ1n) is 16.5. The van der Waals surface area contributed by atoms with Gasteiger partial charge in [-0.2, -0.15) is 9.97 Å². The lowest BCUT2D eigenvalue weighted by molar-refractivity contribution is 0.107. The molecule has 0 spiro atoms. The van der Waals surface area contributed by atoms with Gasteiger partial charge >= 0.3 is 6.01 Å². The third-order valence-electron chi connectivity index (χ3n) is 11.1. The number of alkyl halides is 1. The molecule has 6 heterocycles. The van der Waals surface area contributed by atoms with Crippen molar-refractivity contribution >= 4 is 27.5 Å². The number of hydrogen-bond donors (Lipinski definition) is 2. The van der Waals surface area contributed by atoms with Gasteiger partial charge in [-0.1, -0.05) is 25.1 Å². The number of nitrogens with zero attached hydrogens (tertiary/aromatic N) is 4. The second-order valence-corrected chi connectivity index (χ2v) is 13.7. The summed E-state index contributed by atoms with van der Waals surface area (Å²) in [5, 5.41) is 15.9. The number of aromatic hydroxyl groups is 1. The SMILES string of the molecule is CCc1cccc2cc(O)cc(-c3c(F)c4c5c(nc(OC[C@]67CCCN6C[C@H](F)C7)nc5c3F)N3CC5CCC(N5)C3CO4)c12. The number of halogens is 3. The summed E-state index contributed by atoms with van der Waals surface area (Å²) in [6.07, 6.45) is 3.80. The van der Waals surface area contributed by atoms with Crippen LogP contribution < -0.4 is 19.7 Å². The van der Waals surface area contributed by atoms with Crippen molar-refractivity contribution < 1.29 is 27.8 Å². The largest absolute Gasteiger partial charge is 0.508 e. The minimum Gasteiger partial charge on any atom is -0.508 e. The molecule has 11 heteroatoms. The maximum Gasteiger partial charge on any atom is 0.319 e. The van der Waals surface area contributed by atoms with Crippen LogP contribution in [-0.2, 0) is 6.42 Å². The van der Waals surface area contributed by atoms with Crippen molar-refractivity contribution in [2.45, 2.75) is 75.3 Å². The van der Waals surface area contributed by atoms with Crippen LogP contribution >= 0.6 is 0 Å². The van der Waals surface area contributed by atoms with E-state index in [9.17, 15) is 9.50 Å². The highest BCUT2D eigenvalue weighted by Gasteiger charge is 2.50. The molecule has 0 aliphatic carbocycles. The van der Waals surface area contributed by atoms with Gasteiger partial charge in [0.25, 0.3) is 0 Å². The molecule has 5 aliphatic rings. The minimum atomic E-state index is -0.920. The quantitative estimate of drug-likeness (QED) is 0.293. The van der Waals surface area contributed by atoms with E-state index < -0.39 is 23.3 Å². The maximum absolute atomic E-state index is 17.1. The van der Waals surface area contributed by atoms with Crippen LogP contribution in [-0.4, -0.2) is 82.7 Å². The Labute approximate surface area is 264 Å². The van der Waals surface area contributed by atoms with E-state index >= 15 is 8.78 Å². The van der Waals surface area contributed by atoms with Gasteiger partial charge in [-0.15, -0.1) is 0 Å². The first-order valence-corrected chi connectivity index (χ1v) is 16.5. The van der Waals surface area contributed by atoms with Crippen molar-refractivity contribution in [1.82, 2.24) is 20.2 Å². The lowest BCUT2D eigenvalue weighted by atomic mass is 9.91. The van der Waals surface area contributed by atoms with Crippen molar-refractivity contribution in [3.05, 3.63) is 47.5 Å². The van der Waals surface area contributed by atoms with Crippen molar-refractivity contribution in [1.29, 1.82) is 0 Å². The van der Waals surface area contributed by atoms with Crippen molar-refractivity contribution in [3.63, 3.8) is 0 Å². The number of nitrogens with one attached hydrogen (secondary N) is 1. The smallest absolute Gasteiger partial charge is 0.319 e. The average molecular weight is 632 g/mol. The van der Waals surface area contributed by atoms with Gasteiger partial charge in [0.1, 0.15) is 36.5 Å². The molecule has 5 aliphatic heterocycles. The predicted molar refractivity (Wildman–Crippen MR) is 169 cm³/mol. The fourth-order valence-electron chi connectivity index (χ4n) is 9.01. The Kier molecular flexibility index (Phi) is 6.38. The first-order chi connectivity index (χ1) is 22.3. The molecule has 9 rings (SSSR count). The Bertz CT molecular complexity index is 1910. The second-order valence-electron chi connectivity index (χ2n) is 13.7. The van der Waals surface area contributed by atoms with E-state index in [0.717, 1.165) is 37.8 Å². The summed E-state index contributed by atoms with van der Waals surface area (Å²) >= 11 is 0. The fourth-order valence-corrected chi connectivity index (χ4v) is 9.01. The number of benzene rings is 3. The van der Waals surface area contributed by atoms with E-state index in [0.29, 0.717) is 42.5 Å². The molecule has 3 unspecified atom stereocenters. The van der Waals surface area contributed by atoms with Crippen LogP contribution in [0.25, 0.3) is 32.8 Å². The summed E-state index contributed by atoms with van der Waals surface area (Å²) in [4.78, 5) is 13.7. The van der Waals surface area contributed by atoms with Crippen LogP contribution in [0.3, 0.4) is 0 Å². The van der Waals surface area contributed by atoms with Crippen molar-refractivity contribution in [2.75, 3.05) is 37.7 Å². The predicted octanol–water partition coefficient (Wildman–Crippen LogP) is 5.65. The topological polar surface area (TPSA) is 83.0 Å². The van der Waals surface area contributed by atoms with E-state index in [-0.39, 0.29) is 70.9 Å². The minimum absolute atomic E-state index is 0.0185. The second kappa shape index (κ2) is 10.3. The summed E-state index contributed by atoms with van der Waals surface area (Å²) < 4.78 is 61.2. The van der Waals surface area contributed by atoms with E-state index in [2.05, 4.69) is 20.1 Å². The molecule has 2 N–H and O–H groups in total. The molecule has 0 saturated carbocycles. The first kappa shape index (κ1) is 28.4. The Morgan fingerprint density at radius 1 is 1.13 bits per heavy atom. The van der Waals surface area contributed by atoms with E-state index in [1.54, 1.807) is 6.07 Å². The number of ether oxygens (including phenoxy) is 2. The van der Waals surface area contributed by atoms with Crippen LogP contribution in [0, 0.1) is 11.6 Å². The molecule has 8 nitrogen and oxygen atoms in total. The number of aromatic nitrogens is 2. The summed E-state index contributed by atoms with van der Waals surface area (Å²) in [7, 11) is 0. The number of anilines is 1. The van der Waals surface area contributed by atoms with Gasteiger partial charge in [0.05, 0.1) is 22.5 Å². The number of phenolic OH excluding ortho intramolecular Hbond substituents is 1. The van der Waals surface area contributed by atoms with Crippen LogP contribution in [0.5, 0.6) is 17.5 Å². The third-order valence-corrected chi connectivity index (χ3v) is 11.1. The third kappa shape index (κ3) is 4.13. The zero-order valence-electron chi connectivity index (χ0n) is 25.7. The Morgan fingerprint density at radius 2 is 2.02 bits per heavy atom. The average Bonchev–Trinajstić information content (AvgIpc) is 3.67. The molecule has 4 saturated heterocycles. The van der Waals surface area contributed by atoms with Crippen molar-refractivity contribution in [3.8, 4) is 28.6 Å². The van der Waals surface area contributed by atoms with E-state index in [1.165, 1.54) is 6.07 Å². The Balaban J connectivity index is 1.26. The highest BCUT2D eigenvalue weighted by Crippen LogP contribution is 2.48. The molecular formula is C35H36F3N5O3. The van der Waals surface area contributed by atoms with Gasteiger partial charge in [0, 0.05) is 31.6 Å². The van der Waals surface area contributed by atoms with Crippen LogP contribution in [0.4, 0.5) is 19.0 Å². The highest BCUT2D eigenvalue weighted by molar-refractivity contribution is 6.05. The highest BCUT2D eigenvalue weighted by atomic mass is 19.1. The van der Waals surface area contributed by atoms with E-state index in [4.69, 9.17) is 14.5 Å². The van der Waals surface area contributed by atoms with Gasteiger partial charge in [0.15, 0.2) is 17.4 Å². The zero-order valence-corrected chi connectivity index (χ0v) is 25.7. The molecule has 2 bridgehead atoms. The van der Waals surface area contributed by atoms with Gasteiger partial charge in [-0.25, -0.2) is 13.2 Å². The van der Waals surface area contributed by atoms with Gasteiger partial charge in [0.2, 0.25) is 0 Å². The Hall–Kier alpha value is -3.83. The molecule has 240 valence electrons. The summed E-state index contributed by atoms with van der Waals surface area (Å²) in [5.41, 5.74) is 0.276. The van der Waals surface area contributed by atoms with Gasteiger partial charge in [-0.05, 0) is 72.7 Å². The molecule has 4 fully saturated rings. The van der Waals surface area contributed by atoms with E-state index in [1.807, 2.05) is 25.1 Å². The number of phenols is 1. The van der Waals surface area contributed by atoms with Gasteiger partial charge in [-0.3, -0.25) is 4.90 Å². The number of aryl methyl sites for hydroxylation is 1. The van der Waals surface area contributed by atoms with Crippen LogP contribution in [0.1, 0.15) is 44.6 Å². The van der Waals surface area contributed by atoms with Gasteiger partial charge < -0.3 is 24.8 Å². The fraction of sp³-hybridized carbons (Fsp3) is 0.486. The standard InChI is InChI=1S/C35H36F3N5O3/c1-2-18-5-3-6-19-11-22(44)12-23(26(18)19)27-29(37)31-28-32(30(27)38)45-16-25-24-8-7-21(39-24)15-43(25)33(28)41-34(40-31)46-17-35-9-4-10-42(35)14-20(36)13-35/h3,5-6,11-12,20-21,24-25,39,44H,2,4,7-10,13-17H2,1H3/t20-,21?,24?,25?,35-/m1/s1. The monoisotopic (exact) mass is 631 g/mol. The summed E-state index contributed by atoms with van der Waals surface area (Å²) in [6, 6.07) is 8.80. The molecule has 0 amide bonds. The molecule has 5 atom stereocenters. The molecule has 4 aromatic rings. The molecule has 1 aromatic heterocycles. The maximum atomic E-state index is 17.1. The number of piperazine rings is 1. The van der Waals surface area contributed by atoms with Crippen LogP contribution in [0.2, 0.25) is 0 Å². The molecule has 3 aromatic carbocycles. The number of hydrogen-bond acceptors (Lipinski definition) is 8. The Morgan fingerprint density at radius 3 is 2.89 bits per heavy atom. The van der Waals surface area contributed by atoms with Crippen molar-refractivity contribution in [2.24, 2.45) is 0 Å². The molecule has 46 heavy (non-hydrogen) atoms. The lowest BCUT2D eigenvalue weighted by Gasteiger charge is -2.40. The number of fused-ring (bicyclic) bond motifs is 7. The molecular weight excluding hydrogens is 595 g/mol. The summed E-state index contributed by atoms with van der Waals surface area (Å²) in [5.74, 6) is -1.52.